The first-order valence-corrected chi connectivity index (χ1v) is 6.71. The second kappa shape index (κ2) is 5.05. The van der Waals surface area contributed by atoms with Gasteiger partial charge in [0.25, 0.3) is 0 Å². The van der Waals surface area contributed by atoms with Crippen LogP contribution in [0.3, 0.4) is 0 Å². The number of hydrogen-bond donors (Lipinski definition) is 1. The molecule has 0 atom stereocenters. The standard InChI is InChI=1S/C15H19N3O/c1-16-9-14-13(10-18(2)17-14)11-5-6-15-12(8-11)4-3-7-19-15/h5-6,8,10,16H,3-4,7,9H2,1-2H3. The smallest absolute Gasteiger partial charge is 0.122 e. The zero-order chi connectivity index (χ0) is 13.2. The molecule has 4 nitrogen and oxygen atoms in total. The molecule has 0 fully saturated rings. The predicted molar refractivity (Wildman–Crippen MR) is 75.2 cm³/mol. The van der Waals surface area contributed by atoms with E-state index in [0.717, 1.165) is 37.4 Å². The van der Waals surface area contributed by atoms with Crippen LogP contribution in [0.4, 0.5) is 0 Å². The van der Waals surface area contributed by atoms with Crippen molar-refractivity contribution >= 4 is 0 Å². The van der Waals surface area contributed by atoms with Crippen LogP contribution in [0.25, 0.3) is 11.1 Å². The third kappa shape index (κ3) is 2.36. The lowest BCUT2D eigenvalue weighted by molar-refractivity contribution is 0.288. The Hall–Kier alpha value is -1.81. The third-order valence-corrected chi connectivity index (χ3v) is 3.47. The molecule has 1 aliphatic rings. The second-order valence-corrected chi connectivity index (χ2v) is 4.97. The summed E-state index contributed by atoms with van der Waals surface area (Å²) in [4.78, 5) is 0. The van der Waals surface area contributed by atoms with Crippen LogP contribution in [0.15, 0.2) is 24.4 Å². The molecule has 100 valence electrons. The molecule has 0 bridgehead atoms. The molecule has 1 aromatic heterocycles. The monoisotopic (exact) mass is 257 g/mol. The van der Waals surface area contributed by atoms with Gasteiger partial charge in [-0.15, -0.1) is 0 Å². The normalized spacial score (nSPS) is 14.0. The molecule has 3 rings (SSSR count). The highest BCUT2D eigenvalue weighted by atomic mass is 16.5. The van der Waals surface area contributed by atoms with Gasteiger partial charge in [-0.1, -0.05) is 6.07 Å². The number of nitrogens with zero attached hydrogens (tertiary/aromatic N) is 2. The van der Waals surface area contributed by atoms with Gasteiger partial charge < -0.3 is 10.1 Å². The van der Waals surface area contributed by atoms with Crippen molar-refractivity contribution in [1.29, 1.82) is 0 Å². The summed E-state index contributed by atoms with van der Waals surface area (Å²) in [6, 6.07) is 6.45. The highest BCUT2D eigenvalue weighted by molar-refractivity contribution is 5.67. The van der Waals surface area contributed by atoms with Gasteiger partial charge in [0, 0.05) is 25.4 Å². The molecular formula is C15H19N3O. The zero-order valence-electron chi connectivity index (χ0n) is 11.4. The molecular weight excluding hydrogens is 238 g/mol. The fraction of sp³-hybridized carbons (Fsp3) is 0.400. The Morgan fingerprint density at radius 1 is 1.42 bits per heavy atom. The summed E-state index contributed by atoms with van der Waals surface area (Å²) in [5, 5.41) is 7.68. The SMILES string of the molecule is CNCc1nn(C)cc1-c1ccc2c(c1)CCCO2. The molecule has 0 spiro atoms. The van der Waals surface area contributed by atoms with Crippen molar-refractivity contribution in [3.63, 3.8) is 0 Å². The molecule has 0 saturated heterocycles. The van der Waals surface area contributed by atoms with Gasteiger partial charge in [-0.05, 0) is 43.1 Å². The molecule has 1 N–H and O–H groups in total. The maximum absolute atomic E-state index is 5.66. The number of aryl methyl sites for hydroxylation is 2. The molecule has 4 heteroatoms. The Balaban J connectivity index is 2.01. The average Bonchev–Trinajstić information content (AvgIpc) is 2.80. The molecule has 0 unspecified atom stereocenters. The largest absolute Gasteiger partial charge is 0.493 e. The molecule has 19 heavy (non-hydrogen) atoms. The Morgan fingerprint density at radius 3 is 3.16 bits per heavy atom. The minimum Gasteiger partial charge on any atom is -0.493 e. The van der Waals surface area contributed by atoms with Crippen LogP contribution in [0, 0.1) is 0 Å². The summed E-state index contributed by atoms with van der Waals surface area (Å²) in [6.45, 7) is 1.62. The Labute approximate surface area is 113 Å². The van der Waals surface area contributed by atoms with Crippen LogP contribution in [0.1, 0.15) is 17.7 Å². The first-order chi connectivity index (χ1) is 9.28. The number of ether oxygens (including phenoxy) is 1. The fourth-order valence-corrected chi connectivity index (χ4v) is 2.60. The van der Waals surface area contributed by atoms with E-state index in [1.165, 1.54) is 16.7 Å². The number of aromatic nitrogens is 2. The van der Waals surface area contributed by atoms with Gasteiger partial charge in [-0.2, -0.15) is 5.10 Å². The Kier molecular flexibility index (Phi) is 3.25. The van der Waals surface area contributed by atoms with Gasteiger partial charge in [0.15, 0.2) is 0 Å². The first kappa shape index (κ1) is 12.2. The van der Waals surface area contributed by atoms with Gasteiger partial charge in [0.05, 0.1) is 12.3 Å². The Morgan fingerprint density at radius 2 is 2.32 bits per heavy atom. The van der Waals surface area contributed by atoms with E-state index in [2.05, 4.69) is 34.8 Å². The molecule has 2 aromatic rings. The zero-order valence-corrected chi connectivity index (χ0v) is 11.4. The van der Waals surface area contributed by atoms with Crippen molar-refractivity contribution in [1.82, 2.24) is 15.1 Å². The highest BCUT2D eigenvalue weighted by Gasteiger charge is 2.14. The van der Waals surface area contributed by atoms with E-state index in [1.807, 2.05) is 18.8 Å². The van der Waals surface area contributed by atoms with E-state index >= 15 is 0 Å². The molecule has 0 saturated carbocycles. The Bertz CT molecular complexity index is 589. The van der Waals surface area contributed by atoms with Crippen molar-refractivity contribution in [2.45, 2.75) is 19.4 Å². The van der Waals surface area contributed by atoms with Gasteiger partial charge in [0.1, 0.15) is 5.75 Å². The quantitative estimate of drug-likeness (QED) is 0.915. The maximum Gasteiger partial charge on any atom is 0.122 e. The fourth-order valence-electron chi connectivity index (χ4n) is 2.60. The maximum atomic E-state index is 5.66. The molecule has 0 radical (unpaired) electrons. The number of rotatable bonds is 3. The summed E-state index contributed by atoms with van der Waals surface area (Å²) in [5.74, 6) is 1.04. The molecule has 1 aliphatic heterocycles. The predicted octanol–water partition coefficient (Wildman–Crippen LogP) is 2.13. The lowest BCUT2D eigenvalue weighted by Crippen LogP contribution is -2.09. The molecule has 1 aromatic carbocycles. The van der Waals surface area contributed by atoms with E-state index in [-0.39, 0.29) is 0 Å². The summed E-state index contributed by atoms with van der Waals surface area (Å²) in [5.41, 5.74) is 4.82. The summed E-state index contributed by atoms with van der Waals surface area (Å²) >= 11 is 0. The summed E-state index contributed by atoms with van der Waals surface area (Å²) in [7, 11) is 3.91. The lowest BCUT2D eigenvalue weighted by atomic mass is 9.99. The van der Waals surface area contributed by atoms with E-state index in [9.17, 15) is 0 Å². The van der Waals surface area contributed by atoms with Crippen LogP contribution < -0.4 is 10.1 Å². The summed E-state index contributed by atoms with van der Waals surface area (Å²) in [6.07, 6.45) is 4.29. The van der Waals surface area contributed by atoms with Crippen LogP contribution in [0.2, 0.25) is 0 Å². The lowest BCUT2D eigenvalue weighted by Gasteiger charge is -2.17. The van der Waals surface area contributed by atoms with Gasteiger partial charge >= 0.3 is 0 Å². The van der Waals surface area contributed by atoms with Gasteiger partial charge in [-0.25, -0.2) is 0 Å². The van der Waals surface area contributed by atoms with E-state index in [4.69, 9.17) is 4.74 Å². The number of nitrogens with one attached hydrogen (secondary N) is 1. The second-order valence-electron chi connectivity index (χ2n) is 4.97. The van der Waals surface area contributed by atoms with Crippen molar-refractivity contribution in [2.75, 3.05) is 13.7 Å². The topological polar surface area (TPSA) is 39.1 Å². The van der Waals surface area contributed by atoms with E-state index in [1.54, 1.807) is 0 Å². The van der Waals surface area contributed by atoms with Gasteiger partial charge in [-0.3, -0.25) is 4.68 Å². The van der Waals surface area contributed by atoms with Crippen molar-refractivity contribution in [3.8, 4) is 16.9 Å². The van der Waals surface area contributed by atoms with Gasteiger partial charge in [0.2, 0.25) is 0 Å². The molecule has 2 heterocycles. The van der Waals surface area contributed by atoms with Crippen molar-refractivity contribution < 1.29 is 4.74 Å². The van der Waals surface area contributed by atoms with Crippen LogP contribution in [0.5, 0.6) is 5.75 Å². The van der Waals surface area contributed by atoms with Crippen molar-refractivity contribution in [3.05, 3.63) is 35.7 Å². The molecule has 0 amide bonds. The number of fused-ring (bicyclic) bond motifs is 1. The van der Waals surface area contributed by atoms with Crippen molar-refractivity contribution in [2.24, 2.45) is 7.05 Å². The van der Waals surface area contributed by atoms with Crippen LogP contribution >= 0.6 is 0 Å². The summed E-state index contributed by atoms with van der Waals surface area (Å²) < 4.78 is 7.54. The highest BCUT2D eigenvalue weighted by Crippen LogP contribution is 2.31. The number of hydrogen-bond acceptors (Lipinski definition) is 3. The average molecular weight is 257 g/mol. The minimum atomic E-state index is 0.782. The van der Waals surface area contributed by atoms with Crippen LogP contribution in [-0.2, 0) is 20.0 Å². The van der Waals surface area contributed by atoms with E-state index in [0.29, 0.717) is 0 Å². The van der Waals surface area contributed by atoms with Crippen LogP contribution in [-0.4, -0.2) is 23.4 Å². The minimum absolute atomic E-state index is 0.782. The third-order valence-electron chi connectivity index (χ3n) is 3.47. The first-order valence-electron chi connectivity index (χ1n) is 6.71. The molecule has 0 aliphatic carbocycles. The number of benzene rings is 1. The van der Waals surface area contributed by atoms with E-state index < -0.39 is 0 Å².